The number of sulfonamides is 1. The minimum absolute atomic E-state index is 0.0274. The van der Waals surface area contributed by atoms with Gasteiger partial charge in [0.05, 0.1) is 26.9 Å². The second-order valence-corrected chi connectivity index (χ2v) is 10.0. The summed E-state index contributed by atoms with van der Waals surface area (Å²) in [4.78, 5) is 26.7. The molecule has 1 saturated heterocycles. The molecule has 7 nitrogen and oxygen atoms in total. The van der Waals surface area contributed by atoms with Crippen LogP contribution in [0, 0.1) is 5.92 Å². The predicted octanol–water partition coefficient (Wildman–Crippen LogP) is 3.36. The summed E-state index contributed by atoms with van der Waals surface area (Å²) < 4.78 is 27.7. The Morgan fingerprint density at radius 3 is 2.57 bits per heavy atom. The van der Waals surface area contributed by atoms with Gasteiger partial charge in [-0.05, 0) is 49.1 Å². The number of halogens is 1. The van der Waals surface area contributed by atoms with Crippen molar-refractivity contribution in [1.82, 2.24) is 4.31 Å². The third kappa shape index (κ3) is 3.82. The number of nitrogens with zero attached hydrogens (tertiary/aromatic N) is 2. The Bertz CT molecular complexity index is 1110. The minimum Gasteiger partial charge on any atom is -0.323 e. The van der Waals surface area contributed by atoms with Crippen molar-refractivity contribution in [3.63, 3.8) is 0 Å². The standard InChI is InChI=1S/C21H22ClN3O4S/c1-14-8-10-24(11-9-14)30(28,29)15-6-7-17(22)16(12-15)21(27)25-13-20(26)23-18-4-2-3-5-19(18)25/h2-7,12,14H,8-11,13H2,1H3,(H,23,26). The van der Waals surface area contributed by atoms with Crippen molar-refractivity contribution < 1.29 is 18.0 Å². The number of anilines is 2. The molecule has 2 aromatic rings. The van der Waals surface area contributed by atoms with E-state index < -0.39 is 15.9 Å². The largest absolute Gasteiger partial charge is 0.323 e. The number of hydrogen-bond acceptors (Lipinski definition) is 4. The van der Waals surface area contributed by atoms with Gasteiger partial charge in [0.25, 0.3) is 5.91 Å². The van der Waals surface area contributed by atoms with E-state index in [4.69, 9.17) is 11.6 Å². The van der Waals surface area contributed by atoms with Gasteiger partial charge in [-0.1, -0.05) is 30.7 Å². The molecular formula is C21H22ClN3O4S. The van der Waals surface area contributed by atoms with Crippen LogP contribution in [-0.4, -0.2) is 44.2 Å². The Balaban J connectivity index is 1.69. The lowest BCUT2D eigenvalue weighted by Crippen LogP contribution is -2.42. The van der Waals surface area contributed by atoms with Crippen LogP contribution in [-0.2, 0) is 14.8 Å². The van der Waals surface area contributed by atoms with Gasteiger partial charge in [0.1, 0.15) is 6.54 Å². The van der Waals surface area contributed by atoms with Gasteiger partial charge < -0.3 is 5.32 Å². The molecule has 2 heterocycles. The normalized spacial score (nSPS) is 18.1. The molecular weight excluding hydrogens is 426 g/mol. The molecule has 158 valence electrons. The topological polar surface area (TPSA) is 86.8 Å². The summed E-state index contributed by atoms with van der Waals surface area (Å²) in [6, 6.07) is 11.1. The lowest BCUT2D eigenvalue weighted by Gasteiger charge is -2.30. The number of para-hydroxylation sites is 2. The highest BCUT2D eigenvalue weighted by atomic mass is 35.5. The number of nitrogens with one attached hydrogen (secondary N) is 1. The third-order valence-electron chi connectivity index (χ3n) is 5.56. The highest BCUT2D eigenvalue weighted by molar-refractivity contribution is 7.89. The fourth-order valence-corrected chi connectivity index (χ4v) is 5.46. The number of carbonyl (C=O) groups excluding carboxylic acids is 2. The molecule has 0 spiro atoms. The number of benzene rings is 2. The number of rotatable bonds is 3. The highest BCUT2D eigenvalue weighted by Crippen LogP contribution is 2.32. The Labute approximate surface area is 180 Å². The molecule has 9 heteroatoms. The van der Waals surface area contributed by atoms with Crippen LogP contribution >= 0.6 is 11.6 Å². The predicted molar refractivity (Wildman–Crippen MR) is 115 cm³/mol. The van der Waals surface area contributed by atoms with Gasteiger partial charge in [0, 0.05) is 13.1 Å². The van der Waals surface area contributed by atoms with Crippen LogP contribution in [0.15, 0.2) is 47.4 Å². The summed E-state index contributed by atoms with van der Waals surface area (Å²) in [6.07, 6.45) is 1.61. The second-order valence-electron chi connectivity index (χ2n) is 7.68. The monoisotopic (exact) mass is 447 g/mol. The Morgan fingerprint density at radius 2 is 1.83 bits per heavy atom. The lowest BCUT2D eigenvalue weighted by atomic mass is 10.0. The zero-order valence-electron chi connectivity index (χ0n) is 16.5. The molecule has 4 rings (SSSR count). The number of carbonyl (C=O) groups is 2. The molecule has 0 radical (unpaired) electrons. The Hall–Kier alpha value is -2.42. The molecule has 1 fully saturated rings. The van der Waals surface area contributed by atoms with Gasteiger partial charge in [-0.25, -0.2) is 8.42 Å². The molecule has 2 amide bonds. The Morgan fingerprint density at radius 1 is 1.13 bits per heavy atom. The van der Waals surface area contributed by atoms with E-state index in [1.165, 1.54) is 27.4 Å². The number of amides is 2. The molecule has 1 N–H and O–H groups in total. The van der Waals surface area contributed by atoms with Gasteiger partial charge >= 0.3 is 0 Å². The maximum absolute atomic E-state index is 13.3. The SMILES string of the molecule is CC1CCN(S(=O)(=O)c2ccc(Cl)c(C(=O)N3CC(=O)Nc4ccccc43)c2)CC1. The third-order valence-corrected chi connectivity index (χ3v) is 7.79. The molecule has 0 unspecified atom stereocenters. The Kier molecular flexibility index (Phi) is 5.57. The van der Waals surface area contributed by atoms with Gasteiger partial charge in [-0.2, -0.15) is 4.31 Å². The lowest BCUT2D eigenvalue weighted by molar-refractivity contribution is -0.115. The minimum atomic E-state index is -3.74. The maximum atomic E-state index is 13.3. The van der Waals surface area contributed by atoms with Crippen LogP contribution in [0.4, 0.5) is 11.4 Å². The van der Waals surface area contributed by atoms with Crippen molar-refractivity contribution >= 4 is 44.8 Å². The molecule has 0 bridgehead atoms. The van der Waals surface area contributed by atoms with Crippen LogP contribution < -0.4 is 10.2 Å². The van der Waals surface area contributed by atoms with Crippen molar-refractivity contribution in [2.45, 2.75) is 24.7 Å². The van der Waals surface area contributed by atoms with Gasteiger partial charge in [0.15, 0.2) is 0 Å². The fraction of sp³-hybridized carbons (Fsp3) is 0.333. The molecule has 2 aliphatic heterocycles. The van der Waals surface area contributed by atoms with Gasteiger partial charge in [-0.15, -0.1) is 0 Å². The maximum Gasteiger partial charge on any atom is 0.260 e. The first-order valence-corrected chi connectivity index (χ1v) is 11.6. The van der Waals surface area contributed by atoms with E-state index in [0.717, 1.165) is 12.8 Å². The molecule has 2 aromatic carbocycles. The van der Waals surface area contributed by atoms with Gasteiger partial charge in [-0.3, -0.25) is 14.5 Å². The summed E-state index contributed by atoms with van der Waals surface area (Å²) >= 11 is 6.27. The highest BCUT2D eigenvalue weighted by Gasteiger charge is 2.32. The van der Waals surface area contributed by atoms with Gasteiger partial charge in [0.2, 0.25) is 15.9 Å². The quantitative estimate of drug-likeness (QED) is 0.781. The first kappa shape index (κ1) is 20.8. The van der Waals surface area contributed by atoms with E-state index in [9.17, 15) is 18.0 Å². The van der Waals surface area contributed by atoms with E-state index in [-0.39, 0.29) is 27.9 Å². The first-order valence-electron chi connectivity index (χ1n) is 9.78. The van der Waals surface area contributed by atoms with E-state index >= 15 is 0 Å². The van der Waals surface area contributed by atoms with Crippen molar-refractivity contribution in [3.8, 4) is 0 Å². The summed E-state index contributed by atoms with van der Waals surface area (Å²) in [5.74, 6) is -0.361. The van der Waals surface area contributed by atoms with Crippen molar-refractivity contribution in [2.75, 3.05) is 29.9 Å². The van der Waals surface area contributed by atoms with E-state index in [1.54, 1.807) is 24.3 Å². The molecule has 0 atom stereocenters. The van der Waals surface area contributed by atoms with Crippen LogP contribution in [0.5, 0.6) is 0 Å². The summed E-state index contributed by atoms with van der Waals surface area (Å²) in [7, 11) is -3.74. The fourth-order valence-electron chi connectivity index (χ4n) is 3.76. The summed E-state index contributed by atoms with van der Waals surface area (Å²) in [6.45, 7) is 2.84. The van der Waals surface area contributed by atoms with Crippen LogP contribution in [0.2, 0.25) is 5.02 Å². The van der Waals surface area contributed by atoms with E-state index in [1.807, 2.05) is 0 Å². The summed E-state index contributed by atoms with van der Waals surface area (Å²) in [5, 5.41) is 2.86. The van der Waals surface area contributed by atoms with Crippen LogP contribution in [0.3, 0.4) is 0 Å². The molecule has 2 aliphatic rings. The zero-order chi connectivity index (χ0) is 21.5. The average Bonchev–Trinajstić information content (AvgIpc) is 2.73. The second kappa shape index (κ2) is 8.02. The van der Waals surface area contributed by atoms with Crippen LogP contribution in [0.25, 0.3) is 0 Å². The summed E-state index contributed by atoms with van der Waals surface area (Å²) in [5.41, 5.74) is 1.11. The van der Waals surface area contributed by atoms with Crippen molar-refractivity contribution in [1.29, 1.82) is 0 Å². The molecule has 0 saturated carbocycles. The first-order chi connectivity index (χ1) is 14.3. The van der Waals surface area contributed by atoms with E-state index in [2.05, 4.69) is 12.2 Å². The molecule has 0 aliphatic carbocycles. The van der Waals surface area contributed by atoms with Crippen LogP contribution in [0.1, 0.15) is 30.1 Å². The number of fused-ring (bicyclic) bond motifs is 1. The van der Waals surface area contributed by atoms with Crippen molar-refractivity contribution in [2.24, 2.45) is 5.92 Å². The smallest absolute Gasteiger partial charge is 0.260 e. The zero-order valence-corrected chi connectivity index (χ0v) is 18.0. The molecule has 0 aromatic heterocycles. The average molecular weight is 448 g/mol. The number of hydrogen-bond donors (Lipinski definition) is 1. The molecule has 30 heavy (non-hydrogen) atoms. The number of piperidine rings is 1. The van der Waals surface area contributed by atoms with Crippen molar-refractivity contribution in [3.05, 3.63) is 53.1 Å². The van der Waals surface area contributed by atoms with E-state index in [0.29, 0.717) is 30.4 Å².